The van der Waals surface area contributed by atoms with Crippen LogP contribution in [0, 0.1) is 5.92 Å². The number of nitrogens with one attached hydrogen (secondary N) is 1. The summed E-state index contributed by atoms with van der Waals surface area (Å²) in [6.45, 7) is 5.00. The van der Waals surface area contributed by atoms with Gasteiger partial charge in [0.2, 0.25) is 6.79 Å². The summed E-state index contributed by atoms with van der Waals surface area (Å²) in [5.74, 6) is 1.97. The first-order valence-electron chi connectivity index (χ1n) is 9.07. The Morgan fingerprint density at radius 1 is 1.27 bits per heavy atom. The van der Waals surface area contributed by atoms with Crippen LogP contribution in [0.1, 0.15) is 35.8 Å². The molecule has 0 aliphatic carbocycles. The van der Waals surface area contributed by atoms with Gasteiger partial charge in [-0.3, -0.25) is 9.78 Å². The van der Waals surface area contributed by atoms with Gasteiger partial charge in [0.25, 0.3) is 5.91 Å². The number of hydrogen-bond donors (Lipinski definition) is 1. The second-order valence-electron chi connectivity index (χ2n) is 6.96. The number of amides is 1. The van der Waals surface area contributed by atoms with E-state index >= 15 is 0 Å². The van der Waals surface area contributed by atoms with Gasteiger partial charge in [-0.25, -0.2) is 0 Å². The molecule has 1 amide bonds. The molecule has 1 aromatic heterocycles. The lowest BCUT2D eigenvalue weighted by Gasteiger charge is -2.32. The fourth-order valence-corrected chi connectivity index (χ4v) is 3.49. The topological polar surface area (TPSA) is 63.7 Å². The molecule has 1 aromatic carbocycles. The number of carbonyl (C=O) groups excluding carboxylic acids is 1. The first kappa shape index (κ1) is 16.7. The normalized spacial score (nSPS) is 18.7. The summed E-state index contributed by atoms with van der Waals surface area (Å²) in [5, 5.41) is 2.93. The molecule has 6 nitrogen and oxygen atoms in total. The highest BCUT2D eigenvalue weighted by molar-refractivity contribution is 5.93. The van der Waals surface area contributed by atoms with E-state index in [1.165, 1.54) is 12.8 Å². The first-order chi connectivity index (χ1) is 12.7. The van der Waals surface area contributed by atoms with Crippen LogP contribution in [0.25, 0.3) is 0 Å². The summed E-state index contributed by atoms with van der Waals surface area (Å²) in [6.07, 6.45) is 4.17. The zero-order chi connectivity index (χ0) is 17.9. The van der Waals surface area contributed by atoms with Gasteiger partial charge in [-0.15, -0.1) is 0 Å². The van der Waals surface area contributed by atoms with Crippen LogP contribution in [0.3, 0.4) is 0 Å². The number of benzene rings is 1. The zero-order valence-electron chi connectivity index (χ0n) is 14.9. The van der Waals surface area contributed by atoms with Crippen molar-refractivity contribution in [3.8, 4) is 11.5 Å². The fourth-order valence-electron chi connectivity index (χ4n) is 3.49. The largest absolute Gasteiger partial charge is 0.454 e. The standard InChI is InChI=1S/C20H23N3O3/c1-14-3-2-8-23(12-14)16-6-7-21-17(10-16)20(24)22-11-15-4-5-18-19(9-15)26-13-25-18/h4-7,9-10,14H,2-3,8,11-13H2,1H3,(H,22,24). The summed E-state index contributed by atoms with van der Waals surface area (Å²) < 4.78 is 10.7. The van der Waals surface area contributed by atoms with Crippen LogP contribution in [0.5, 0.6) is 11.5 Å². The van der Waals surface area contributed by atoms with Gasteiger partial charge in [0.1, 0.15) is 5.69 Å². The van der Waals surface area contributed by atoms with E-state index in [1.807, 2.05) is 30.3 Å². The number of aromatic nitrogens is 1. The number of ether oxygens (including phenoxy) is 2. The Hall–Kier alpha value is -2.76. The van der Waals surface area contributed by atoms with Crippen LogP contribution in [-0.4, -0.2) is 30.8 Å². The third-order valence-electron chi connectivity index (χ3n) is 4.89. The molecular weight excluding hydrogens is 330 g/mol. The van der Waals surface area contributed by atoms with Gasteiger partial charge < -0.3 is 19.7 Å². The number of piperidine rings is 1. The van der Waals surface area contributed by atoms with Crippen molar-refractivity contribution < 1.29 is 14.3 Å². The number of carbonyl (C=O) groups is 1. The Morgan fingerprint density at radius 3 is 3.04 bits per heavy atom. The van der Waals surface area contributed by atoms with Crippen LogP contribution in [0.2, 0.25) is 0 Å². The third-order valence-corrected chi connectivity index (χ3v) is 4.89. The Morgan fingerprint density at radius 2 is 2.15 bits per heavy atom. The highest BCUT2D eigenvalue weighted by Crippen LogP contribution is 2.32. The number of fused-ring (bicyclic) bond motifs is 1. The Kier molecular flexibility index (Phi) is 4.65. The van der Waals surface area contributed by atoms with E-state index in [9.17, 15) is 4.79 Å². The Balaban J connectivity index is 1.41. The highest BCUT2D eigenvalue weighted by atomic mass is 16.7. The zero-order valence-corrected chi connectivity index (χ0v) is 14.9. The molecule has 1 N–H and O–H groups in total. The average molecular weight is 353 g/mol. The van der Waals surface area contributed by atoms with Crippen molar-refractivity contribution in [3.63, 3.8) is 0 Å². The molecule has 1 unspecified atom stereocenters. The maximum Gasteiger partial charge on any atom is 0.270 e. The molecule has 0 radical (unpaired) electrons. The maximum absolute atomic E-state index is 12.5. The van der Waals surface area contributed by atoms with Gasteiger partial charge in [-0.1, -0.05) is 13.0 Å². The molecule has 1 atom stereocenters. The summed E-state index contributed by atoms with van der Waals surface area (Å²) in [7, 11) is 0. The molecule has 26 heavy (non-hydrogen) atoms. The first-order valence-corrected chi connectivity index (χ1v) is 9.07. The number of rotatable bonds is 4. The van der Waals surface area contributed by atoms with E-state index in [4.69, 9.17) is 9.47 Å². The summed E-state index contributed by atoms with van der Waals surface area (Å²) >= 11 is 0. The van der Waals surface area contributed by atoms with Gasteiger partial charge in [-0.05, 0) is 48.6 Å². The van der Waals surface area contributed by atoms with Crippen molar-refractivity contribution in [2.45, 2.75) is 26.3 Å². The molecule has 1 saturated heterocycles. The molecule has 136 valence electrons. The molecule has 1 fully saturated rings. The van der Waals surface area contributed by atoms with Gasteiger partial charge in [-0.2, -0.15) is 0 Å². The predicted octanol–water partition coefficient (Wildman–Crippen LogP) is 2.98. The molecule has 4 rings (SSSR count). The predicted molar refractivity (Wildman–Crippen MR) is 98.6 cm³/mol. The third kappa shape index (κ3) is 3.59. The number of nitrogens with zero attached hydrogens (tertiary/aromatic N) is 2. The van der Waals surface area contributed by atoms with Crippen molar-refractivity contribution in [1.82, 2.24) is 10.3 Å². The van der Waals surface area contributed by atoms with Crippen molar-refractivity contribution >= 4 is 11.6 Å². The van der Waals surface area contributed by atoms with Crippen LogP contribution < -0.4 is 19.7 Å². The van der Waals surface area contributed by atoms with Crippen molar-refractivity contribution in [1.29, 1.82) is 0 Å². The van der Waals surface area contributed by atoms with E-state index < -0.39 is 0 Å². The molecular formula is C20H23N3O3. The minimum atomic E-state index is -0.172. The number of hydrogen-bond acceptors (Lipinski definition) is 5. The second-order valence-corrected chi connectivity index (χ2v) is 6.96. The lowest BCUT2D eigenvalue weighted by atomic mass is 10.00. The lowest BCUT2D eigenvalue weighted by molar-refractivity contribution is 0.0946. The Bertz CT molecular complexity index is 809. The van der Waals surface area contributed by atoms with Gasteiger partial charge in [0, 0.05) is 31.5 Å². The molecule has 2 aliphatic heterocycles. The molecule has 6 heteroatoms. The number of pyridine rings is 1. The quantitative estimate of drug-likeness (QED) is 0.915. The SMILES string of the molecule is CC1CCCN(c2ccnc(C(=O)NCc3ccc4c(c3)OCO4)c2)C1. The van der Waals surface area contributed by atoms with Gasteiger partial charge in [0.05, 0.1) is 0 Å². The summed E-state index contributed by atoms with van der Waals surface area (Å²) in [4.78, 5) is 19.1. The fraction of sp³-hybridized carbons (Fsp3) is 0.400. The average Bonchev–Trinajstić information content (AvgIpc) is 3.14. The second kappa shape index (κ2) is 7.23. The van der Waals surface area contributed by atoms with Crippen molar-refractivity contribution in [2.24, 2.45) is 5.92 Å². The molecule has 3 heterocycles. The molecule has 2 aliphatic rings. The van der Waals surface area contributed by atoms with Crippen molar-refractivity contribution in [2.75, 3.05) is 24.8 Å². The summed E-state index contributed by atoms with van der Waals surface area (Å²) in [6, 6.07) is 9.54. The van der Waals surface area contributed by atoms with Crippen LogP contribution in [0.4, 0.5) is 5.69 Å². The molecule has 0 spiro atoms. The molecule has 0 saturated carbocycles. The lowest BCUT2D eigenvalue weighted by Crippen LogP contribution is -2.34. The van der Waals surface area contributed by atoms with E-state index in [0.717, 1.165) is 35.8 Å². The monoisotopic (exact) mass is 353 g/mol. The summed E-state index contributed by atoms with van der Waals surface area (Å²) in [5.41, 5.74) is 2.48. The smallest absolute Gasteiger partial charge is 0.270 e. The number of anilines is 1. The Labute approximate surface area is 153 Å². The molecule has 2 aromatic rings. The van der Waals surface area contributed by atoms with Crippen LogP contribution in [0.15, 0.2) is 36.5 Å². The minimum absolute atomic E-state index is 0.172. The highest BCUT2D eigenvalue weighted by Gasteiger charge is 2.18. The van der Waals surface area contributed by atoms with E-state index in [1.54, 1.807) is 6.20 Å². The van der Waals surface area contributed by atoms with E-state index in [0.29, 0.717) is 18.2 Å². The minimum Gasteiger partial charge on any atom is -0.454 e. The van der Waals surface area contributed by atoms with E-state index in [2.05, 4.69) is 22.1 Å². The van der Waals surface area contributed by atoms with Crippen LogP contribution in [-0.2, 0) is 6.54 Å². The van der Waals surface area contributed by atoms with Gasteiger partial charge in [0.15, 0.2) is 11.5 Å². The maximum atomic E-state index is 12.5. The van der Waals surface area contributed by atoms with Crippen molar-refractivity contribution in [3.05, 3.63) is 47.8 Å². The van der Waals surface area contributed by atoms with E-state index in [-0.39, 0.29) is 12.7 Å². The van der Waals surface area contributed by atoms with Gasteiger partial charge >= 0.3 is 0 Å². The van der Waals surface area contributed by atoms with Crippen LogP contribution >= 0.6 is 0 Å². The molecule has 0 bridgehead atoms.